The lowest BCUT2D eigenvalue weighted by molar-refractivity contribution is -0.122. The molecule has 1 saturated heterocycles. The number of hydrogen-bond donors (Lipinski definition) is 1. The SMILES string of the molecule is CC1CC(=O)NN=C1N1CCOC(c2cccc(Cl)c2)C1. The van der Waals surface area contributed by atoms with Gasteiger partial charge in [-0.05, 0) is 17.7 Å². The van der Waals surface area contributed by atoms with Crippen LogP contribution in [-0.2, 0) is 9.53 Å². The van der Waals surface area contributed by atoms with Crippen molar-refractivity contribution in [3.05, 3.63) is 34.9 Å². The van der Waals surface area contributed by atoms with Gasteiger partial charge in [0, 0.05) is 30.5 Å². The first-order chi connectivity index (χ1) is 10.1. The lowest BCUT2D eigenvalue weighted by Crippen LogP contribution is -2.48. The highest BCUT2D eigenvalue weighted by atomic mass is 35.5. The normalized spacial score (nSPS) is 26.3. The smallest absolute Gasteiger partial charge is 0.240 e. The molecule has 1 amide bonds. The molecule has 1 N–H and O–H groups in total. The molecule has 2 heterocycles. The van der Waals surface area contributed by atoms with Crippen LogP contribution in [0.1, 0.15) is 25.0 Å². The van der Waals surface area contributed by atoms with Crippen molar-refractivity contribution >= 4 is 23.3 Å². The molecule has 2 aliphatic rings. The second-order valence-corrected chi connectivity index (χ2v) is 5.91. The third-order valence-electron chi connectivity index (χ3n) is 3.84. The fourth-order valence-electron chi connectivity index (χ4n) is 2.79. The van der Waals surface area contributed by atoms with E-state index in [1.54, 1.807) is 0 Å². The molecule has 112 valence electrons. The van der Waals surface area contributed by atoms with E-state index < -0.39 is 0 Å². The summed E-state index contributed by atoms with van der Waals surface area (Å²) < 4.78 is 5.85. The number of amides is 1. The predicted octanol–water partition coefficient (Wildman–Crippen LogP) is 2.18. The summed E-state index contributed by atoms with van der Waals surface area (Å²) in [5.41, 5.74) is 3.64. The van der Waals surface area contributed by atoms with Crippen LogP contribution in [0.25, 0.3) is 0 Å². The summed E-state index contributed by atoms with van der Waals surface area (Å²) in [4.78, 5) is 13.5. The minimum absolute atomic E-state index is 0.0223. The van der Waals surface area contributed by atoms with E-state index in [0.717, 1.165) is 24.5 Å². The molecule has 2 unspecified atom stereocenters. The van der Waals surface area contributed by atoms with Gasteiger partial charge in [0.05, 0.1) is 6.61 Å². The number of ether oxygens (including phenoxy) is 1. The fourth-order valence-corrected chi connectivity index (χ4v) is 2.99. The molecular formula is C15H18ClN3O2. The maximum absolute atomic E-state index is 11.3. The summed E-state index contributed by atoms with van der Waals surface area (Å²) in [6.07, 6.45) is 0.461. The molecule has 2 aliphatic heterocycles. The molecule has 1 aromatic rings. The molecule has 1 aromatic carbocycles. The van der Waals surface area contributed by atoms with Gasteiger partial charge in [-0.3, -0.25) is 4.79 Å². The number of halogens is 1. The number of hydrazone groups is 1. The first kappa shape index (κ1) is 14.4. The third-order valence-corrected chi connectivity index (χ3v) is 4.07. The second-order valence-electron chi connectivity index (χ2n) is 5.47. The van der Waals surface area contributed by atoms with Crippen LogP contribution in [0.4, 0.5) is 0 Å². The van der Waals surface area contributed by atoms with Crippen molar-refractivity contribution < 1.29 is 9.53 Å². The van der Waals surface area contributed by atoms with Crippen molar-refractivity contribution in [1.82, 2.24) is 10.3 Å². The van der Waals surface area contributed by atoms with E-state index in [-0.39, 0.29) is 17.9 Å². The highest BCUT2D eigenvalue weighted by Gasteiger charge is 2.30. The van der Waals surface area contributed by atoms with Crippen LogP contribution in [-0.4, -0.2) is 36.3 Å². The number of carbonyl (C=O) groups is 1. The topological polar surface area (TPSA) is 53.9 Å². The molecule has 1 fully saturated rings. The summed E-state index contributed by atoms with van der Waals surface area (Å²) in [5, 5.41) is 4.93. The number of hydrogen-bond acceptors (Lipinski definition) is 4. The van der Waals surface area contributed by atoms with Gasteiger partial charge >= 0.3 is 0 Å². The molecule has 6 heteroatoms. The van der Waals surface area contributed by atoms with Gasteiger partial charge in [-0.15, -0.1) is 0 Å². The number of rotatable bonds is 1. The van der Waals surface area contributed by atoms with Gasteiger partial charge in [0.2, 0.25) is 5.91 Å². The van der Waals surface area contributed by atoms with Gasteiger partial charge in [0.1, 0.15) is 11.9 Å². The van der Waals surface area contributed by atoms with Crippen LogP contribution < -0.4 is 5.43 Å². The zero-order valence-electron chi connectivity index (χ0n) is 11.9. The van der Waals surface area contributed by atoms with Crippen LogP contribution in [0, 0.1) is 5.92 Å². The highest BCUT2D eigenvalue weighted by molar-refractivity contribution is 6.30. The summed E-state index contributed by atoms with van der Waals surface area (Å²) in [5.74, 6) is 1.05. The Morgan fingerprint density at radius 3 is 3.10 bits per heavy atom. The van der Waals surface area contributed by atoms with Crippen molar-refractivity contribution in [1.29, 1.82) is 0 Å². The van der Waals surface area contributed by atoms with Gasteiger partial charge in [-0.1, -0.05) is 30.7 Å². The lowest BCUT2D eigenvalue weighted by Gasteiger charge is -2.37. The molecule has 0 bridgehead atoms. The highest BCUT2D eigenvalue weighted by Crippen LogP contribution is 2.26. The van der Waals surface area contributed by atoms with Gasteiger partial charge in [-0.25, -0.2) is 5.43 Å². The third kappa shape index (κ3) is 3.19. The number of benzene rings is 1. The average Bonchev–Trinajstić information content (AvgIpc) is 2.47. The summed E-state index contributed by atoms with van der Waals surface area (Å²) in [6.45, 7) is 4.17. The van der Waals surface area contributed by atoms with E-state index >= 15 is 0 Å². The van der Waals surface area contributed by atoms with Gasteiger partial charge in [-0.2, -0.15) is 5.10 Å². The van der Waals surface area contributed by atoms with Gasteiger partial charge < -0.3 is 9.64 Å². The van der Waals surface area contributed by atoms with E-state index in [4.69, 9.17) is 16.3 Å². The Balaban J connectivity index is 1.75. The van der Waals surface area contributed by atoms with Crippen LogP contribution >= 0.6 is 11.6 Å². The number of nitrogens with zero attached hydrogens (tertiary/aromatic N) is 2. The average molecular weight is 308 g/mol. The van der Waals surface area contributed by atoms with Crippen molar-refractivity contribution in [2.45, 2.75) is 19.4 Å². The van der Waals surface area contributed by atoms with E-state index in [9.17, 15) is 4.79 Å². The van der Waals surface area contributed by atoms with Crippen LogP contribution in [0.5, 0.6) is 0 Å². The fraction of sp³-hybridized carbons (Fsp3) is 0.467. The Morgan fingerprint density at radius 2 is 2.33 bits per heavy atom. The Bertz CT molecular complexity index is 576. The largest absolute Gasteiger partial charge is 0.370 e. The van der Waals surface area contributed by atoms with Crippen molar-refractivity contribution in [2.24, 2.45) is 11.0 Å². The predicted molar refractivity (Wildman–Crippen MR) is 81.1 cm³/mol. The Morgan fingerprint density at radius 1 is 1.48 bits per heavy atom. The minimum Gasteiger partial charge on any atom is -0.370 e. The van der Waals surface area contributed by atoms with Gasteiger partial charge in [0.15, 0.2) is 0 Å². The Hall–Kier alpha value is -1.59. The molecular weight excluding hydrogens is 290 g/mol. The zero-order chi connectivity index (χ0) is 14.8. The minimum atomic E-state index is -0.0232. The standard InChI is InChI=1S/C15H18ClN3O2/c1-10-7-14(20)17-18-15(10)19-5-6-21-13(9-19)11-3-2-4-12(16)8-11/h2-4,8,10,13H,5-7,9H2,1H3,(H,17,20). The van der Waals surface area contributed by atoms with Crippen molar-refractivity contribution in [3.63, 3.8) is 0 Å². The first-order valence-corrected chi connectivity index (χ1v) is 7.49. The van der Waals surface area contributed by atoms with Crippen LogP contribution in [0.2, 0.25) is 5.02 Å². The van der Waals surface area contributed by atoms with E-state index in [2.05, 4.69) is 15.4 Å². The lowest BCUT2D eigenvalue weighted by atomic mass is 10.0. The molecule has 21 heavy (non-hydrogen) atoms. The van der Waals surface area contributed by atoms with Crippen molar-refractivity contribution in [2.75, 3.05) is 19.7 Å². The molecule has 0 aliphatic carbocycles. The van der Waals surface area contributed by atoms with E-state index in [1.807, 2.05) is 31.2 Å². The maximum Gasteiger partial charge on any atom is 0.240 e. The Labute approximate surface area is 128 Å². The summed E-state index contributed by atoms with van der Waals surface area (Å²) in [6, 6.07) is 7.74. The number of nitrogens with one attached hydrogen (secondary N) is 1. The van der Waals surface area contributed by atoms with Crippen LogP contribution in [0.15, 0.2) is 29.4 Å². The van der Waals surface area contributed by atoms with E-state index in [1.165, 1.54) is 0 Å². The molecule has 2 atom stereocenters. The molecule has 5 nitrogen and oxygen atoms in total. The molecule has 3 rings (SSSR count). The first-order valence-electron chi connectivity index (χ1n) is 7.12. The van der Waals surface area contributed by atoms with E-state index in [0.29, 0.717) is 18.1 Å². The summed E-state index contributed by atoms with van der Waals surface area (Å²) >= 11 is 6.05. The zero-order valence-corrected chi connectivity index (χ0v) is 12.6. The van der Waals surface area contributed by atoms with Gasteiger partial charge in [0.25, 0.3) is 0 Å². The number of carbonyl (C=O) groups excluding carboxylic acids is 1. The molecule has 0 spiro atoms. The number of amidine groups is 1. The Kier molecular flexibility index (Phi) is 4.12. The van der Waals surface area contributed by atoms with Crippen molar-refractivity contribution in [3.8, 4) is 0 Å². The summed E-state index contributed by atoms with van der Waals surface area (Å²) in [7, 11) is 0. The molecule has 0 aromatic heterocycles. The maximum atomic E-state index is 11.3. The second kappa shape index (κ2) is 6.03. The molecule has 0 saturated carbocycles. The van der Waals surface area contributed by atoms with Crippen LogP contribution in [0.3, 0.4) is 0 Å². The monoisotopic (exact) mass is 307 g/mol. The quantitative estimate of drug-likeness (QED) is 0.865. The number of morpholine rings is 1. The molecule has 0 radical (unpaired) electrons.